The van der Waals surface area contributed by atoms with E-state index in [9.17, 15) is 0 Å². The Morgan fingerprint density at radius 3 is 2.27 bits per heavy atom. The average Bonchev–Trinajstić information content (AvgIpc) is 1.81. The van der Waals surface area contributed by atoms with Gasteiger partial charge in [-0.1, -0.05) is 6.55 Å². The molecule has 0 aromatic rings. The molecule has 0 heterocycles. The highest BCUT2D eigenvalue weighted by atomic mass is 28.4. The summed E-state index contributed by atoms with van der Waals surface area (Å²) in [6, 6.07) is 0. The lowest BCUT2D eigenvalue weighted by Gasteiger charge is -2.24. The maximum Gasteiger partial charge on any atom is 0.320 e. The fraction of sp³-hybridized carbons (Fsp3) is 1.00. The third-order valence-electron chi connectivity index (χ3n) is 1.17. The van der Waals surface area contributed by atoms with Gasteiger partial charge in [-0.15, -0.1) is 0 Å². The molecule has 0 aromatic heterocycles. The highest BCUT2D eigenvalue weighted by Crippen LogP contribution is 2.07. The van der Waals surface area contributed by atoms with E-state index >= 15 is 0 Å². The Morgan fingerprint density at radius 1 is 1.36 bits per heavy atom. The van der Waals surface area contributed by atoms with Gasteiger partial charge in [0.2, 0.25) is 0 Å². The predicted molar refractivity (Wildman–Crippen MR) is 57.8 cm³/mol. The van der Waals surface area contributed by atoms with Crippen molar-refractivity contribution in [3.63, 3.8) is 0 Å². The molecule has 0 saturated carbocycles. The largest absolute Gasteiger partial charge is 0.439 e. The summed E-state index contributed by atoms with van der Waals surface area (Å²) in [6.45, 7) is 10.9. The first-order chi connectivity index (χ1) is 4.98. The number of hydrogen-bond donors (Lipinski definition) is 0. The van der Waals surface area contributed by atoms with Gasteiger partial charge in [0.25, 0.3) is 0 Å². The molecular formula is C6H20O2Si3. The van der Waals surface area contributed by atoms with E-state index in [1.807, 2.05) is 0 Å². The Kier molecular flexibility index (Phi) is 5.53. The second kappa shape index (κ2) is 5.26. The van der Waals surface area contributed by atoms with E-state index in [-0.39, 0.29) is 9.52 Å². The van der Waals surface area contributed by atoms with E-state index in [1.165, 1.54) is 0 Å². The molecule has 0 aliphatic rings. The molecule has 0 bridgehead atoms. The minimum atomic E-state index is -1.69. The lowest BCUT2D eigenvalue weighted by molar-refractivity contribution is 0.296. The topological polar surface area (TPSA) is 18.5 Å². The van der Waals surface area contributed by atoms with Gasteiger partial charge in [-0.25, -0.2) is 0 Å². The van der Waals surface area contributed by atoms with Crippen LogP contribution in [0.15, 0.2) is 0 Å². The Hall–Kier alpha value is 0.571. The van der Waals surface area contributed by atoms with Crippen LogP contribution in [-0.4, -0.2) is 33.4 Å². The minimum Gasteiger partial charge on any atom is -0.439 e. The van der Waals surface area contributed by atoms with Gasteiger partial charge in [-0.2, -0.15) is 0 Å². The highest BCUT2D eigenvalue weighted by molar-refractivity contribution is 6.73. The van der Waals surface area contributed by atoms with Crippen LogP contribution in [0.1, 0.15) is 0 Å². The molecule has 0 rings (SSSR count). The summed E-state index contributed by atoms with van der Waals surface area (Å²) in [7, 11) is -2.53. The minimum absolute atomic E-state index is 0.0482. The maximum atomic E-state index is 5.82. The zero-order valence-electron chi connectivity index (χ0n) is 8.31. The molecular weight excluding hydrogens is 188 g/mol. The van der Waals surface area contributed by atoms with Gasteiger partial charge < -0.3 is 8.54 Å². The molecule has 2 nitrogen and oxygen atoms in total. The van der Waals surface area contributed by atoms with Gasteiger partial charge in [0, 0.05) is 15.7 Å². The Labute approximate surface area is 75.1 Å². The van der Waals surface area contributed by atoms with Crippen LogP contribution >= 0.6 is 0 Å². The zero-order chi connectivity index (χ0) is 8.91. The van der Waals surface area contributed by atoms with E-state index < -0.39 is 17.6 Å². The van der Waals surface area contributed by atoms with Crippen molar-refractivity contribution in [1.82, 2.24) is 0 Å². The van der Waals surface area contributed by atoms with Crippen molar-refractivity contribution in [2.45, 2.75) is 32.7 Å². The van der Waals surface area contributed by atoms with Gasteiger partial charge >= 0.3 is 8.56 Å². The van der Waals surface area contributed by atoms with Crippen molar-refractivity contribution in [1.29, 1.82) is 0 Å². The van der Waals surface area contributed by atoms with Gasteiger partial charge in [-0.05, 0) is 26.2 Å². The summed E-state index contributed by atoms with van der Waals surface area (Å²) in [6.07, 6.45) is 0.986. The lowest BCUT2D eigenvalue weighted by Crippen LogP contribution is -2.39. The van der Waals surface area contributed by atoms with Crippen LogP contribution in [0.4, 0.5) is 0 Å². The molecule has 5 heteroatoms. The molecule has 0 spiro atoms. The van der Waals surface area contributed by atoms with E-state index in [2.05, 4.69) is 32.7 Å². The van der Waals surface area contributed by atoms with Crippen LogP contribution in [-0.2, 0) is 8.54 Å². The molecule has 68 valence electrons. The van der Waals surface area contributed by atoms with E-state index in [0.717, 1.165) is 6.23 Å². The van der Waals surface area contributed by atoms with Crippen LogP contribution in [0.5, 0.6) is 0 Å². The fourth-order valence-corrected chi connectivity index (χ4v) is 8.55. The van der Waals surface area contributed by atoms with Crippen molar-refractivity contribution in [2.24, 2.45) is 0 Å². The molecule has 0 aliphatic carbocycles. The van der Waals surface area contributed by atoms with Crippen molar-refractivity contribution in [2.75, 3.05) is 6.23 Å². The maximum absolute atomic E-state index is 5.82. The van der Waals surface area contributed by atoms with E-state index in [1.54, 1.807) is 0 Å². The van der Waals surface area contributed by atoms with Crippen LogP contribution in [0, 0.1) is 0 Å². The average molecular weight is 208 g/mol. The standard InChI is InChI=1S/C6H20O2Si3/c1-9-6-7-11(4,5)8-10(2)3/h10H,6,9H2,1-5H3. The van der Waals surface area contributed by atoms with Gasteiger partial charge in [0.1, 0.15) is 0 Å². The Bertz CT molecular complexity index is 106. The highest BCUT2D eigenvalue weighted by Gasteiger charge is 2.24. The SMILES string of the molecule is C[SiH2]CO[Si](C)(C)O[SiH](C)C. The Balaban J connectivity index is 3.61. The van der Waals surface area contributed by atoms with Crippen LogP contribution in [0.3, 0.4) is 0 Å². The number of rotatable bonds is 5. The molecule has 0 fully saturated rings. The summed E-state index contributed by atoms with van der Waals surface area (Å²) in [4.78, 5) is 0. The first-order valence-electron chi connectivity index (χ1n) is 4.29. The quantitative estimate of drug-likeness (QED) is 0.625. The zero-order valence-corrected chi connectivity index (χ0v) is 11.9. The second-order valence-electron chi connectivity index (χ2n) is 3.41. The van der Waals surface area contributed by atoms with Gasteiger partial charge in [-0.3, -0.25) is 0 Å². The Morgan fingerprint density at radius 2 is 1.91 bits per heavy atom. The summed E-state index contributed by atoms with van der Waals surface area (Å²) >= 11 is 0. The predicted octanol–water partition coefficient (Wildman–Crippen LogP) is 0.879. The lowest BCUT2D eigenvalue weighted by atomic mass is 11.7. The van der Waals surface area contributed by atoms with Crippen LogP contribution in [0.25, 0.3) is 0 Å². The van der Waals surface area contributed by atoms with Gasteiger partial charge in [0.05, 0.1) is 0 Å². The molecule has 11 heavy (non-hydrogen) atoms. The molecule has 0 amide bonds. The first kappa shape index (κ1) is 11.6. The van der Waals surface area contributed by atoms with E-state index in [4.69, 9.17) is 8.54 Å². The molecule has 0 saturated heterocycles. The van der Waals surface area contributed by atoms with Crippen molar-refractivity contribution in [3.05, 3.63) is 0 Å². The number of hydrogen-bond acceptors (Lipinski definition) is 2. The second-order valence-corrected chi connectivity index (χ2v) is 11.0. The molecule has 0 aliphatic heterocycles. The molecule has 0 unspecified atom stereocenters. The summed E-state index contributed by atoms with van der Waals surface area (Å²) in [5.74, 6) is 0. The van der Waals surface area contributed by atoms with Crippen LogP contribution in [0.2, 0.25) is 32.7 Å². The van der Waals surface area contributed by atoms with Crippen molar-refractivity contribution in [3.8, 4) is 0 Å². The van der Waals surface area contributed by atoms with Crippen LogP contribution < -0.4 is 0 Å². The molecule has 0 radical (unpaired) electrons. The van der Waals surface area contributed by atoms with Crippen molar-refractivity contribution < 1.29 is 8.54 Å². The summed E-state index contributed by atoms with van der Waals surface area (Å²) in [5, 5.41) is 0. The van der Waals surface area contributed by atoms with E-state index in [0.29, 0.717) is 0 Å². The third-order valence-corrected chi connectivity index (χ3v) is 7.25. The van der Waals surface area contributed by atoms with Gasteiger partial charge in [0.15, 0.2) is 9.04 Å². The smallest absolute Gasteiger partial charge is 0.320 e. The van der Waals surface area contributed by atoms with Crippen molar-refractivity contribution >= 4 is 27.1 Å². The molecule has 0 N–H and O–H groups in total. The summed E-state index contributed by atoms with van der Waals surface area (Å²) in [5.41, 5.74) is 0. The fourth-order valence-electron chi connectivity index (χ4n) is 0.950. The third kappa shape index (κ3) is 6.95. The first-order valence-corrected chi connectivity index (χ1v) is 12.3. The normalized spacial score (nSPS) is 13.6. The molecule has 0 aromatic carbocycles. The summed E-state index contributed by atoms with van der Waals surface area (Å²) < 4.78 is 11.5. The monoisotopic (exact) mass is 208 g/mol. The molecule has 0 atom stereocenters.